The number of carbonyl (C=O) groups is 1. The summed E-state index contributed by atoms with van der Waals surface area (Å²) in [5, 5.41) is 3.57. The van der Waals surface area contributed by atoms with Gasteiger partial charge in [-0.2, -0.15) is 13.2 Å². The van der Waals surface area contributed by atoms with E-state index < -0.39 is 17.7 Å². The van der Waals surface area contributed by atoms with Gasteiger partial charge in [0, 0.05) is 29.6 Å². The quantitative estimate of drug-likeness (QED) is 0.665. The fraction of sp³-hybridized carbons (Fsp3) is 0.286. The van der Waals surface area contributed by atoms with Crippen molar-refractivity contribution < 1.29 is 22.7 Å². The standard InChI is InChI=1S/C21H19F3N2O2/c1-28-19(27)14-8-6-13(7-9-14)12-20(21(22,23)24)18-16(10-11-25-20)15-4-2-3-5-17(15)26-18/h2-9,25-26H,10-12H2,1H3. The van der Waals surface area contributed by atoms with E-state index in [9.17, 15) is 18.0 Å². The molecular formula is C21H19F3N2O2. The van der Waals surface area contributed by atoms with Gasteiger partial charge in [0.2, 0.25) is 0 Å². The van der Waals surface area contributed by atoms with Gasteiger partial charge in [-0.25, -0.2) is 4.79 Å². The molecule has 3 aromatic rings. The van der Waals surface area contributed by atoms with Crippen LogP contribution in [0.2, 0.25) is 0 Å². The number of hydrogen-bond donors (Lipinski definition) is 2. The van der Waals surface area contributed by atoms with Gasteiger partial charge in [0.15, 0.2) is 5.54 Å². The number of halogens is 3. The summed E-state index contributed by atoms with van der Waals surface area (Å²) in [5.41, 5.74) is 0.138. The lowest BCUT2D eigenvalue weighted by Gasteiger charge is -2.40. The van der Waals surface area contributed by atoms with Gasteiger partial charge in [-0.15, -0.1) is 0 Å². The lowest BCUT2D eigenvalue weighted by Crippen LogP contribution is -2.58. The molecule has 0 spiro atoms. The van der Waals surface area contributed by atoms with Crippen LogP contribution in [-0.2, 0) is 23.1 Å². The van der Waals surface area contributed by atoms with Crippen LogP contribution in [0.3, 0.4) is 0 Å². The van der Waals surface area contributed by atoms with E-state index in [2.05, 4.69) is 15.0 Å². The molecule has 1 unspecified atom stereocenters. The summed E-state index contributed by atoms with van der Waals surface area (Å²) in [7, 11) is 1.26. The van der Waals surface area contributed by atoms with Gasteiger partial charge in [-0.05, 0) is 35.7 Å². The van der Waals surface area contributed by atoms with Crippen LogP contribution in [0.4, 0.5) is 13.2 Å². The number of carbonyl (C=O) groups excluding carboxylic acids is 1. The highest BCUT2D eigenvalue weighted by molar-refractivity contribution is 5.89. The van der Waals surface area contributed by atoms with Crippen molar-refractivity contribution in [3.8, 4) is 0 Å². The molecule has 1 aliphatic rings. The van der Waals surface area contributed by atoms with E-state index in [4.69, 9.17) is 0 Å². The number of alkyl halides is 3. The molecule has 1 aromatic heterocycles. The molecule has 4 nitrogen and oxygen atoms in total. The molecule has 2 heterocycles. The zero-order valence-electron chi connectivity index (χ0n) is 15.2. The van der Waals surface area contributed by atoms with E-state index in [1.54, 1.807) is 24.3 Å². The zero-order valence-corrected chi connectivity index (χ0v) is 15.2. The average molecular weight is 388 g/mol. The van der Waals surface area contributed by atoms with E-state index in [1.165, 1.54) is 19.2 Å². The Hall–Kier alpha value is -2.80. The highest BCUT2D eigenvalue weighted by Crippen LogP contribution is 2.46. The SMILES string of the molecule is COC(=O)c1ccc(CC2(C(F)(F)F)NCCc3c2[nH]c2ccccc32)cc1. The van der Waals surface area contributed by atoms with Gasteiger partial charge >= 0.3 is 12.1 Å². The maximum Gasteiger partial charge on any atom is 0.412 e. The minimum absolute atomic E-state index is 0.171. The summed E-state index contributed by atoms with van der Waals surface area (Å²) >= 11 is 0. The monoisotopic (exact) mass is 388 g/mol. The van der Waals surface area contributed by atoms with Gasteiger partial charge in [-0.3, -0.25) is 5.32 Å². The molecule has 28 heavy (non-hydrogen) atoms. The van der Waals surface area contributed by atoms with E-state index in [1.807, 2.05) is 12.1 Å². The zero-order chi connectivity index (χ0) is 19.9. The summed E-state index contributed by atoms with van der Waals surface area (Å²) in [6.07, 6.45) is -4.26. The lowest BCUT2D eigenvalue weighted by atomic mass is 9.81. The molecule has 1 atom stereocenters. The molecule has 146 valence electrons. The van der Waals surface area contributed by atoms with E-state index in [0.717, 1.165) is 5.39 Å². The third-order valence-electron chi connectivity index (χ3n) is 5.37. The number of para-hydroxylation sites is 1. The van der Waals surface area contributed by atoms with E-state index >= 15 is 0 Å². The molecular weight excluding hydrogens is 369 g/mol. The number of nitrogens with one attached hydrogen (secondary N) is 2. The molecule has 2 N–H and O–H groups in total. The third-order valence-corrected chi connectivity index (χ3v) is 5.37. The second kappa shape index (κ2) is 6.67. The predicted molar refractivity (Wildman–Crippen MR) is 99.2 cm³/mol. The Labute approximate surface area is 159 Å². The maximum absolute atomic E-state index is 14.4. The van der Waals surface area contributed by atoms with Crippen molar-refractivity contribution in [1.29, 1.82) is 0 Å². The average Bonchev–Trinajstić information content (AvgIpc) is 3.07. The number of aromatic nitrogens is 1. The van der Waals surface area contributed by atoms with E-state index in [-0.39, 0.29) is 18.7 Å². The number of methoxy groups -OCH3 is 1. The fourth-order valence-electron chi connectivity index (χ4n) is 3.99. The predicted octanol–water partition coefficient (Wildman–Crippen LogP) is 4.10. The van der Waals surface area contributed by atoms with Gasteiger partial charge in [0.05, 0.1) is 12.7 Å². The smallest absolute Gasteiger partial charge is 0.412 e. The normalized spacial score (nSPS) is 19.4. The van der Waals surface area contributed by atoms with Gasteiger partial charge in [0.25, 0.3) is 0 Å². The second-order valence-electron chi connectivity index (χ2n) is 6.97. The van der Waals surface area contributed by atoms with Crippen LogP contribution in [0.25, 0.3) is 10.9 Å². The van der Waals surface area contributed by atoms with Gasteiger partial charge in [0.1, 0.15) is 0 Å². The first-order valence-corrected chi connectivity index (χ1v) is 8.95. The summed E-state index contributed by atoms with van der Waals surface area (Å²) in [4.78, 5) is 14.6. The number of benzene rings is 2. The van der Waals surface area contributed by atoms with Gasteiger partial charge in [-0.1, -0.05) is 30.3 Å². The Balaban J connectivity index is 1.81. The van der Waals surface area contributed by atoms with E-state index in [0.29, 0.717) is 28.6 Å². The highest BCUT2D eigenvalue weighted by atomic mass is 19.4. The maximum atomic E-state index is 14.4. The molecule has 1 aliphatic heterocycles. The summed E-state index contributed by atoms with van der Waals surface area (Å²) < 4.78 is 47.8. The minimum atomic E-state index is -4.51. The second-order valence-corrected chi connectivity index (χ2v) is 6.97. The molecule has 7 heteroatoms. The number of hydrogen-bond acceptors (Lipinski definition) is 3. The Kier molecular flexibility index (Phi) is 4.42. The molecule has 0 aliphatic carbocycles. The summed E-state index contributed by atoms with van der Waals surface area (Å²) in [6.45, 7) is 0.231. The van der Waals surface area contributed by atoms with Crippen LogP contribution < -0.4 is 5.32 Å². The van der Waals surface area contributed by atoms with Crippen LogP contribution in [0.1, 0.15) is 27.2 Å². The fourth-order valence-corrected chi connectivity index (χ4v) is 3.99. The number of rotatable bonds is 3. The van der Waals surface area contributed by atoms with Crippen molar-refractivity contribution in [1.82, 2.24) is 10.3 Å². The molecule has 4 rings (SSSR count). The van der Waals surface area contributed by atoms with Crippen LogP contribution in [0.5, 0.6) is 0 Å². The largest absolute Gasteiger partial charge is 0.465 e. The van der Waals surface area contributed by atoms with Crippen molar-refractivity contribution in [2.45, 2.75) is 24.6 Å². The first-order chi connectivity index (χ1) is 13.4. The first-order valence-electron chi connectivity index (χ1n) is 8.95. The molecule has 0 amide bonds. The minimum Gasteiger partial charge on any atom is -0.465 e. The first kappa shape index (κ1) is 18.6. The molecule has 0 radical (unpaired) electrons. The lowest BCUT2D eigenvalue weighted by molar-refractivity contribution is -0.203. The number of H-pyrrole nitrogens is 1. The Morgan fingerprint density at radius 3 is 2.54 bits per heavy atom. The molecule has 0 bridgehead atoms. The van der Waals surface area contributed by atoms with Crippen LogP contribution in [0.15, 0.2) is 48.5 Å². The Morgan fingerprint density at radius 1 is 1.14 bits per heavy atom. The van der Waals surface area contributed by atoms with Crippen LogP contribution in [-0.4, -0.2) is 30.8 Å². The topological polar surface area (TPSA) is 54.1 Å². The number of fused-ring (bicyclic) bond motifs is 3. The Bertz CT molecular complexity index is 1020. The Morgan fingerprint density at radius 2 is 1.86 bits per heavy atom. The number of aromatic amines is 1. The third kappa shape index (κ3) is 2.86. The summed E-state index contributed by atoms with van der Waals surface area (Å²) in [6, 6.07) is 13.3. The number of ether oxygens (including phenoxy) is 1. The molecule has 0 fully saturated rings. The highest BCUT2D eigenvalue weighted by Gasteiger charge is 2.58. The van der Waals surface area contributed by atoms with Crippen molar-refractivity contribution in [3.63, 3.8) is 0 Å². The molecule has 0 saturated carbocycles. The van der Waals surface area contributed by atoms with Crippen molar-refractivity contribution >= 4 is 16.9 Å². The molecule has 0 saturated heterocycles. The molecule has 2 aromatic carbocycles. The van der Waals surface area contributed by atoms with Crippen molar-refractivity contribution in [3.05, 3.63) is 70.9 Å². The van der Waals surface area contributed by atoms with Crippen LogP contribution >= 0.6 is 0 Å². The van der Waals surface area contributed by atoms with Crippen LogP contribution in [0, 0.1) is 0 Å². The van der Waals surface area contributed by atoms with Crippen molar-refractivity contribution in [2.24, 2.45) is 0 Å². The van der Waals surface area contributed by atoms with Crippen molar-refractivity contribution in [2.75, 3.05) is 13.7 Å². The summed E-state index contributed by atoms with van der Waals surface area (Å²) in [5.74, 6) is -0.522. The van der Waals surface area contributed by atoms with Gasteiger partial charge < -0.3 is 9.72 Å². The number of esters is 1.